The Morgan fingerprint density at radius 2 is 1.74 bits per heavy atom. The molecule has 0 fully saturated rings. The van der Waals surface area contributed by atoms with Crippen molar-refractivity contribution < 1.29 is 4.79 Å². The standard InChI is InChI=1S/C18H22ClN3O/c1-3-11-22(12-4-2)17-10-5-14(13-20-17)18(23)21-16-8-6-15(19)7-9-16/h5-10,13H,3-4,11-12H2,1-2H3,(H,21,23). The van der Waals surface area contributed by atoms with Crippen molar-refractivity contribution in [1.29, 1.82) is 0 Å². The van der Waals surface area contributed by atoms with E-state index in [1.165, 1.54) is 0 Å². The molecule has 0 aliphatic carbocycles. The summed E-state index contributed by atoms with van der Waals surface area (Å²) in [6.07, 6.45) is 3.76. The third-order valence-electron chi connectivity index (χ3n) is 3.42. The molecule has 1 heterocycles. The molecule has 0 saturated carbocycles. The lowest BCUT2D eigenvalue weighted by atomic mass is 10.2. The number of carbonyl (C=O) groups excluding carboxylic acids is 1. The van der Waals surface area contributed by atoms with E-state index in [2.05, 4.69) is 29.0 Å². The highest BCUT2D eigenvalue weighted by Crippen LogP contribution is 2.16. The minimum Gasteiger partial charge on any atom is -0.357 e. The van der Waals surface area contributed by atoms with Crippen molar-refractivity contribution in [3.05, 3.63) is 53.2 Å². The molecule has 5 heteroatoms. The number of nitrogens with one attached hydrogen (secondary N) is 1. The van der Waals surface area contributed by atoms with Crippen LogP contribution in [-0.2, 0) is 0 Å². The second-order valence-electron chi connectivity index (χ2n) is 5.35. The van der Waals surface area contributed by atoms with Gasteiger partial charge in [-0.15, -0.1) is 0 Å². The van der Waals surface area contributed by atoms with E-state index in [1.54, 1.807) is 30.5 Å². The van der Waals surface area contributed by atoms with Crippen LogP contribution in [0.25, 0.3) is 0 Å². The second-order valence-corrected chi connectivity index (χ2v) is 5.79. The summed E-state index contributed by atoms with van der Waals surface area (Å²) in [7, 11) is 0. The van der Waals surface area contributed by atoms with Crippen molar-refractivity contribution in [3.8, 4) is 0 Å². The fourth-order valence-electron chi connectivity index (χ4n) is 2.32. The zero-order chi connectivity index (χ0) is 16.7. The van der Waals surface area contributed by atoms with Crippen LogP contribution in [0.15, 0.2) is 42.6 Å². The molecule has 1 amide bonds. The van der Waals surface area contributed by atoms with Gasteiger partial charge in [0.1, 0.15) is 5.82 Å². The first kappa shape index (κ1) is 17.3. The van der Waals surface area contributed by atoms with E-state index < -0.39 is 0 Å². The van der Waals surface area contributed by atoms with Gasteiger partial charge in [0.05, 0.1) is 5.56 Å². The predicted molar refractivity (Wildman–Crippen MR) is 96.4 cm³/mol. The van der Waals surface area contributed by atoms with Crippen molar-refractivity contribution >= 4 is 29.0 Å². The molecule has 0 unspecified atom stereocenters. The van der Waals surface area contributed by atoms with Gasteiger partial charge in [-0.2, -0.15) is 0 Å². The van der Waals surface area contributed by atoms with Gasteiger partial charge in [0.25, 0.3) is 5.91 Å². The van der Waals surface area contributed by atoms with Crippen LogP contribution in [0.5, 0.6) is 0 Å². The number of benzene rings is 1. The van der Waals surface area contributed by atoms with Crippen LogP contribution in [0.4, 0.5) is 11.5 Å². The molecule has 0 bridgehead atoms. The van der Waals surface area contributed by atoms with Crippen molar-refractivity contribution in [2.75, 3.05) is 23.3 Å². The molecular formula is C18H22ClN3O. The van der Waals surface area contributed by atoms with E-state index in [-0.39, 0.29) is 5.91 Å². The van der Waals surface area contributed by atoms with Gasteiger partial charge in [0, 0.05) is 30.0 Å². The summed E-state index contributed by atoms with van der Waals surface area (Å²) in [6.45, 7) is 6.24. The molecule has 0 radical (unpaired) electrons. The molecule has 1 aromatic heterocycles. The lowest BCUT2D eigenvalue weighted by molar-refractivity contribution is 0.102. The van der Waals surface area contributed by atoms with Gasteiger partial charge in [-0.05, 0) is 49.2 Å². The van der Waals surface area contributed by atoms with E-state index in [0.29, 0.717) is 16.3 Å². The van der Waals surface area contributed by atoms with E-state index in [0.717, 1.165) is 31.7 Å². The molecule has 122 valence electrons. The number of hydrogen-bond acceptors (Lipinski definition) is 3. The minimum absolute atomic E-state index is 0.177. The highest BCUT2D eigenvalue weighted by atomic mass is 35.5. The van der Waals surface area contributed by atoms with Gasteiger partial charge >= 0.3 is 0 Å². The van der Waals surface area contributed by atoms with Crippen LogP contribution >= 0.6 is 11.6 Å². The summed E-state index contributed by atoms with van der Waals surface area (Å²) in [6, 6.07) is 10.7. The van der Waals surface area contributed by atoms with Crippen LogP contribution in [0.3, 0.4) is 0 Å². The number of hydrogen-bond donors (Lipinski definition) is 1. The van der Waals surface area contributed by atoms with Crippen molar-refractivity contribution in [2.45, 2.75) is 26.7 Å². The first-order valence-electron chi connectivity index (χ1n) is 7.92. The highest BCUT2D eigenvalue weighted by Gasteiger charge is 2.10. The minimum atomic E-state index is -0.177. The molecular weight excluding hydrogens is 310 g/mol. The molecule has 4 nitrogen and oxygen atoms in total. The lowest BCUT2D eigenvalue weighted by Gasteiger charge is -2.22. The Morgan fingerprint density at radius 3 is 2.26 bits per heavy atom. The number of halogens is 1. The largest absolute Gasteiger partial charge is 0.357 e. The Balaban J connectivity index is 2.05. The molecule has 23 heavy (non-hydrogen) atoms. The average molecular weight is 332 g/mol. The van der Waals surface area contributed by atoms with Gasteiger partial charge in [0.15, 0.2) is 0 Å². The zero-order valence-corrected chi connectivity index (χ0v) is 14.3. The number of amides is 1. The van der Waals surface area contributed by atoms with Crippen molar-refractivity contribution in [3.63, 3.8) is 0 Å². The quantitative estimate of drug-likeness (QED) is 0.805. The van der Waals surface area contributed by atoms with Gasteiger partial charge in [0.2, 0.25) is 0 Å². The smallest absolute Gasteiger partial charge is 0.257 e. The number of rotatable bonds is 7. The summed E-state index contributed by atoms with van der Waals surface area (Å²) < 4.78 is 0. The van der Waals surface area contributed by atoms with Crippen molar-refractivity contribution in [2.24, 2.45) is 0 Å². The van der Waals surface area contributed by atoms with Crippen LogP contribution in [0.1, 0.15) is 37.0 Å². The maximum absolute atomic E-state index is 12.2. The number of carbonyl (C=O) groups is 1. The molecule has 0 aliphatic rings. The van der Waals surface area contributed by atoms with Crippen LogP contribution in [-0.4, -0.2) is 24.0 Å². The van der Waals surface area contributed by atoms with E-state index in [1.807, 2.05) is 12.1 Å². The van der Waals surface area contributed by atoms with Crippen molar-refractivity contribution in [1.82, 2.24) is 4.98 Å². The summed E-state index contributed by atoms with van der Waals surface area (Å²) in [5, 5.41) is 3.47. The third kappa shape index (κ3) is 4.96. The van der Waals surface area contributed by atoms with Crippen LogP contribution in [0.2, 0.25) is 5.02 Å². The maximum Gasteiger partial charge on any atom is 0.257 e. The predicted octanol–water partition coefficient (Wildman–Crippen LogP) is 4.61. The molecule has 0 saturated heterocycles. The van der Waals surface area contributed by atoms with Gasteiger partial charge < -0.3 is 10.2 Å². The Hall–Kier alpha value is -2.07. The number of anilines is 2. The molecule has 0 aliphatic heterocycles. The van der Waals surface area contributed by atoms with E-state index in [9.17, 15) is 4.79 Å². The van der Waals surface area contributed by atoms with Gasteiger partial charge in [-0.3, -0.25) is 4.79 Å². The monoisotopic (exact) mass is 331 g/mol. The third-order valence-corrected chi connectivity index (χ3v) is 3.68. The normalized spacial score (nSPS) is 10.4. The summed E-state index contributed by atoms with van der Waals surface area (Å²) >= 11 is 5.84. The molecule has 2 rings (SSSR count). The zero-order valence-electron chi connectivity index (χ0n) is 13.6. The maximum atomic E-state index is 12.2. The average Bonchev–Trinajstić information content (AvgIpc) is 2.57. The van der Waals surface area contributed by atoms with Crippen LogP contribution < -0.4 is 10.2 Å². The Kier molecular flexibility index (Phi) is 6.41. The molecule has 1 N–H and O–H groups in total. The molecule has 2 aromatic rings. The van der Waals surface area contributed by atoms with Crippen LogP contribution in [0, 0.1) is 0 Å². The number of aromatic nitrogens is 1. The topological polar surface area (TPSA) is 45.2 Å². The number of nitrogens with zero attached hydrogens (tertiary/aromatic N) is 2. The number of pyridine rings is 1. The Morgan fingerprint density at radius 1 is 1.09 bits per heavy atom. The molecule has 0 spiro atoms. The first-order valence-corrected chi connectivity index (χ1v) is 8.29. The fourth-order valence-corrected chi connectivity index (χ4v) is 2.45. The highest BCUT2D eigenvalue weighted by molar-refractivity contribution is 6.30. The Labute approximate surface area is 142 Å². The second kappa shape index (κ2) is 8.53. The SMILES string of the molecule is CCCN(CCC)c1ccc(C(=O)Nc2ccc(Cl)cc2)cn1. The summed E-state index contributed by atoms with van der Waals surface area (Å²) in [4.78, 5) is 18.9. The van der Waals surface area contributed by atoms with E-state index >= 15 is 0 Å². The fraction of sp³-hybridized carbons (Fsp3) is 0.333. The van der Waals surface area contributed by atoms with E-state index in [4.69, 9.17) is 11.6 Å². The lowest BCUT2D eigenvalue weighted by Crippen LogP contribution is -2.26. The molecule has 0 atom stereocenters. The van der Waals surface area contributed by atoms with Gasteiger partial charge in [-0.25, -0.2) is 4.98 Å². The first-order chi connectivity index (χ1) is 11.1. The summed E-state index contributed by atoms with van der Waals surface area (Å²) in [5.74, 6) is 0.737. The van der Waals surface area contributed by atoms with Gasteiger partial charge in [-0.1, -0.05) is 25.4 Å². The summed E-state index contributed by atoms with van der Waals surface area (Å²) in [5.41, 5.74) is 1.25. The Bertz CT molecular complexity index is 620. The molecule has 1 aromatic carbocycles.